The highest BCUT2D eigenvalue weighted by molar-refractivity contribution is 5.97. The van der Waals surface area contributed by atoms with Crippen molar-refractivity contribution in [2.45, 2.75) is 6.42 Å². The van der Waals surface area contributed by atoms with Gasteiger partial charge >= 0.3 is 5.97 Å². The summed E-state index contributed by atoms with van der Waals surface area (Å²) >= 11 is 0. The van der Waals surface area contributed by atoms with Gasteiger partial charge in [-0.1, -0.05) is 12.2 Å². The Morgan fingerprint density at radius 2 is 2.00 bits per heavy atom. The van der Waals surface area contributed by atoms with E-state index < -0.39 is 17.8 Å². The van der Waals surface area contributed by atoms with Crippen molar-refractivity contribution < 1.29 is 14.7 Å². The van der Waals surface area contributed by atoms with Gasteiger partial charge in [-0.3, -0.25) is 14.7 Å². The average Bonchev–Trinajstić information content (AvgIpc) is 3.20. The fourth-order valence-corrected chi connectivity index (χ4v) is 3.76. The van der Waals surface area contributed by atoms with Crippen molar-refractivity contribution >= 4 is 28.5 Å². The largest absolute Gasteiger partial charge is 0.481 e. The molecule has 1 aromatic heterocycles. The van der Waals surface area contributed by atoms with Crippen molar-refractivity contribution in [3.05, 3.63) is 36.5 Å². The molecule has 1 amide bonds. The number of benzene rings is 1. The number of aromatic amines is 1. The van der Waals surface area contributed by atoms with E-state index in [0.717, 1.165) is 17.3 Å². The van der Waals surface area contributed by atoms with Gasteiger partial charge < -0.3 is 10.4 Å². The smallest absolute Gasteiger partial charge is 0.307 e. The van der Waals surface area contributed by atoms with Crippen LogP contribution >= 0.6 is 0 Å². The van der Waals surface area contributed by atoms with Gasteiger partial charge in [0.15, 0.2) is 0 Å². The number of nitrogens with zero attached hydrogens (tertiary/aromatic N) is 1. The molecule has 4 atom stereocenters. The minimum Gasteiger partial charge on any atom is -0.481 e. The predicted octanol–water partition coefficient (Wildman–Crippen LogP) is 2.02. The lowest BCUT2D eigenvalue weighted by Gasteiger charge is -2.23. The number of carboxylic acids is 1. The highest BCUT2D eigenvalue weighted by atomic mass is 16.4. The molecule has 1 heterocycles. The second-order valence-electron chi connectivity index (χ2n) is 6.00. The molecule has 6 heteroatoms. The number of aromatic nitrogens is 2. The van der Waals surface area contributed by atoms with Gasteiger partial charge in [-0.15, -0.1) is 0 Å². The summed E-state index contributed by atoms with van der Waals surface area (Å²) in [6.45, 7) is 0. The number of carbonyl (C=O) groups excluding carboxylic acids is 1. The fourth-order valence-electron chi connectivity index (χ4n) is 3.76. The van der Waals surface area contributed by atoms with E-state index in [1.54, 1.807) is 18.3 Å². The molecule has 22 heavy (non-hydrogen) atoms. The number of hydrogen-bond donors (Lipinski definition) is 3. The SMILES string of the molecule is O=C(Nc1ccc2cn[nH]c2c1)[C@@H]1[C@H](C(=O)O)[C@@H]2C=C[C@H]1C2. The van der Waals surface area contributed by atoms with E-state index in [-0.39, 0.29) is 17.7 Å². The monoisotopic (exact) mass is 297 g/mol. The number of hydrogen-bond acceptors (Lipinski definition) is 3. The summed E-state index contributed by atoms with van der Waals surface area (Å²) in [5.74, 6) is -2.21. The minimum atomic E-state index is -0.888. The number of nitrogens with one attached hydrogen (secondary N) is 2. The summed E-state index contributed by atoms with van der Waals surface area (Å²) in [7, 11) is 0. The highest BCUT2D eigenvalue weighted by Gasteiger charge is 2.51. The van der Waals surface area contributed by atoms with Crippen molar-refractivity contribution in [2.24, 2.45) is 23.7 Å². The van der Waals surface area contributed by atoms with Crippen LogP contribution in [0.1, 0.15) is 6.42 Å². The lowest BCUT2D eigenvalue weighted by atomic mass is 9.82. The maximum atomic E-state index is 12.6. The van der Waals surface area contributed by atoms with E-state index in [1.165, 1.54) is 0 Å². The molecule has 1 saturated carbocycles. The zero-order valence-electron chi connectivity index (χ0n) is 11.7. The first-order chi connectivity index (χ1) is 10.6. The summed E-state index contributed by atoms with van der Waals surface area (Å²) < 4.78 is 0. The van der Waals surface area contributed by atoms with Crippen LogP contribution in [0.2, 0.25) is 0 Å². The van der Waals surface area contributed by atoms with Gasteiger partial charge in [-0.2, -0.15) is 5.10 Å². The number of allylic oxidation sites excluding steroid dienone is 2. The molecule has 2 aromatic rings. The van der Waals surface area contributed by atoms with Crippen molar-refractivity contribution in [1.82, 2.24) is 10.2 Å². The molecule has 3 N–H and O–H groups in total. The zero-order chi connectivity index (χ0) is 15.3. The van der Waals surface area contributed by atoms with Crippen molar-refractivity contribution in [3.63, 3.8) is 0 Å². The molecule has 6 nitrogen and oxygen atoms in total. The molecule has 2 aliphatic rings. The summed E-state index contributed by atoms with van der Waals surface area (Å²) in [6, 6.07) is 5.47. The molecule has 0 radical (unpaired) electrons. The van der Waals surface area contributed by atoms with E-state index in [4.69, 9.17) is 0 Å². The molecular weight excluding hydrogens is 282 g/mol. The van der Waals surface area contributed by atoms with Crippen LogP contribution in [0, 0.1) is 23.7 Å². The number of fused-ring (bicyclic) bond motifs is 3. The molecule has 1 aromatic carbocycles. The van der Waals surface area contributed by atoms with E-state index in [0.29, 0.717) is 5.69 Å². The lowest BCUT2D eigenvalue weighted by Crippen LogP contribution is -2.36. The molecular formula is C16H15N3O3. The Kier molecular flexibility index (Phi) is 2.79. The molecule has 2 aliphatic carbocycles. The van der Waals surface area contributed by atoms with Crippen LogP contribution in [0.5, 0.6) is 0 Å². The second kappa shape index (κ2) is 4.69. The number of carbonyl (C=O) groups is 2. The van der Waals surface area contributed by atoms with Crippen LogP contribution in [0.4, 0.5) is 5.69 Å². The quantitative estimate of drug-likeness (QED) is 0.755. The molecule has 2 bridgehead atoms. The van der Waals surface area contributed by atoms with E-state index in [1.807, 2.05) is 18.2 Å². The first-order valence-corrected chi connectivity index (χ1v) is 7.28. The van der Waals surface area contributed by atoms with Gasteiger partial charge in [0.05, 0.1) is 23.5 Å². The van der Waals surface area contributed by atoms with E-state index in [9.17, 15) is 14.7 Å². The third kappa shape index (κ3) is 1.91. The third-order valence-electron chi connectivity index (χ3n) is 4.76. The number of rotatable bonds is 3. The van der Waals surface area contributed by atoms with E-state index in [2.05, 4.69) is 15.5 Å². The third-order valence-corrected chi connectivity index (χ3v) is 4.76. The van der Waals surface area contributed by atoms with Crippen molar-refractivity contribution in [1.29, 1.82) is 0 Å². The Morgan fingerprint density at radius 3 is 2.77 bits per heavy atom. The Labute approximate surface area is 126 Å². The molecule has 112 valence electrons. The number of anilines is 1. The maximum Gasteiger partial charge on any atom is 0.307 e. The first-order valence-electron chi connectivity index (χ1n) is 7.28. The standard InChI is InChI=1S/C16H15N3O3/c20-15(13-8-1-2-9(5-8)14(13)16(21)22)18-11-4-3-10-7-17-19-12(10)6-11/h1-4,6-9,13-14H,5H2,(H,17,19)(H,18,20)(H,21,22)/t8-,9+,13-,14+/m0/s1. The van der Waals surface area contributed by atoms with Gasteiger partial charge in [0.25, 0.3) is 0 Å². The van der Waals surface area contributed by atoms with Crippen molar-refractivity contribution in [2.75, 3.05) is 5.32 Å². The first kappa shape index (κ1) is 13.1. The normalized spacial score (nSPS) is 29.1. The molecule has 0 spiro atoms. The fraction of sp³-hybridized carbons (Fsp3) is 0.312. The molecule has 0 saturated heterocycles. The number of aliphatic carboxylic acids is 1. The van der Waals surface area contributed by atoms with Gasteiger partial charge in [0.2, 0.25) is 5.91 Å². The Morgan fingerprint density at radius 1 is 1.23 bits per heavy atom. The topological polar surface area (TPSA) is 95.1 Å². The summed E-state index contributed by atoms with van der Waals surface area (Å²) in [6.07, 6.45) is 6.38. The Bertz CT molecular complexity index is 795. The maximum absolute atomic E-state index is 12.6. The Balaban J connectivity index is 1.58. The van der Waals surface area contributed by atoms with Crippen LogP contribution < -0.4 is 5.32 Å². The van der Waals surface area contributed by atoms with E-state index >= 15 is 0 Å². The number of H-pyrrole nitrogens is 1. The average molecular weight is 297 g/mol. The van der Waals surface area contributed by atoms with Crippen LogP contribution in [0.25, 0.3) is 10.9 Å². The minimum absolute atomic E-state index is 0.0201. The molecule has 0 aliphatic heterocycles. The zero-order valence-corrected chi connectivity index (χ0v) is 11.7. The predicted molar refractivity (Wildman–Crippen MR) is 80.1 cm³/mol. The second-order valence-corrected chi connectivity index (χ2v) is 6.00. The van der Waals surface area contributed by atoms with Crippen LogP contribution in [0.15, 0.2) is 36.5 Å². The number of amides is 1. The molecule has 0 unspecified atom stereocenters. The summed E-state index contributed by atoms with van der Waals surface area (Å²) in [5.41, 5.74) is 1.48. The Hall–Kier alpha value is -2.63. The van der Waals surface area contributed by atoms with Gasteiger partial charge in [0, 0.05) is 11.1 Å². The van der Waals surface area contributed by atoms with Crippen LogP contribution in [-0.4, -0.2) is 27.2 Å². The summed E-state index contributed by atoms with van der Waals surface area (Å²) in [5, 5.41) is 20.0. The molecule has 4 rings (SSSR count). The van der Waals surface area contributed by atoms with Gasteiger partial charge in [0.1, 0.15) is 0 Å². The summed E-state index contributed by atoms with van der Waals surface area (Å²) in [4.78, 5) is 24.0. The van der Waals surface area contributed by atoms with Crippen LogP contribution in [-0.2, 0) is 9.59 Å². The van der Waals surface area contributed by atoms with Crippen LogP contribution in [0.3, 0.4) is 0 Å². The lowest BCUT2D eigenvalue weighted by molar-refractivity contribution is -0.146. The number of carboxylic acid groups (broad SMARTS) is 1. The molecule has 1 fully saturated rings. The van der Waals surface area contributed by atoms with Gasteiger partial charge in [-0.05, 0) is 36.5 Å². The van der Waals surface area contributed by atoms with Gasteiger partial charge in [-0.25, -0.2) is 0 Å². The van der Waals surface area contributed by atoms with Crippen molar-refractivity contribution in [3.8, 4) is 0 Å². The highest BCUT2D eigenvalue weighted by Crippen LogP contribution is 2.48.